The van der Waals surface area contributed by atoms with Gasteiger partial charge >= 0.3 is 5.97 Å². The number of hydrogen-bond donors (Lipinski definition) is 2. The van der Waals surface area contributed by atoms with Gasteiger partial charge in [0.2, 0.25) is 5.91 Å². The molecule has 0 bridgehead atoms. The lowest BCUT2D eigenvalue weighted by molar-refractivity contribution is -0.143. The summed E-state index contributed by atoms with van der Waals surface area (Å²) in [6.45, 7) is 3.84. The summed E-state index contributed by atoms with van der Waals surface area (Å²) in [5, 5.41) is 12.5. The Morgan fingerprint density at radius 3 is 2.68 bits per heavy atom. The van der Waals surface area contributed by atoms with Crippen molar-refractivity contribution in [3.8, 4) is 0 Å². The second-order valence-electron chi connectivity index (χ2n) is 5.59. The fourth-order valence-corrected chi connectivity index (χ4v) is 2.33. The highest BCUT2D eigenvalue weighted by atomic mass is 19.1. The van der Waals surface area contributed by atoms with E-state index in [0.29, 0.717) is 12.1 Å². The molecule has 0 saturated carbocycles. The predicted molar refractivity (Wildman–Crippen MR) is 80.9 cm³/mol. The van der Waals surface area contributed by atoms with Crippen LogP contribution in [-0.4, -0.2) is 27.6 Å². The van der Waals surface area contributed by atoms with Crippen molar-refractivity contribution in [2.75, 3.05) is 0 Å². The lowest BCUT2D eigenvalue weighted by Crippen LogP contribution is -2.44. The third-order valence-corrected chi connectivity index (χ3v) is 3.56. The topological polar surface area (TPSA) is 71.3 Å². The van der Waals surface area contributed by atoms with Gasteiger partial charge < -0.3 is 15.0 Å². The number of carbonyl (C=O) groups is 2. The van der Waals surface area contributed by atoms with E-state index in [1.807, 2.05) is 6.07 Å². The number of aliphatic carboxylic acids is 1. The van der Waals surface area contributed by atoms with Crippen molar-refractivity contribution in [1.29, 1.82) is 0 Å². The Hall–Kier alpha value is -2.37. The van der Waals surface area contributed by atoms with Crippen LogP contribution in [0.25, 0.3) is 10.9 Å². The molecule has 1 heterocycles. The molecule has 0 spiro atoms. The first-order valence-corrected chi connectivity index (χ1v) is 7.15. The van der Waals surface area contributed by atoms with E-state index < -0.39 is 12.0 Å². The minimum atomic E-state index is -1.04. The maximum Gasteiger partial charge on any atom is 0.326 e. The van der Waals surface area contributed by atoms with Crippen molar-refractivity contribution in [2.45, 2.75) is 32.9 Å². The van der Waals surface area contributed by atoms with Crippen molar-refractivity contribution in [2.24, 2.45) is 5.92 Å². The van der Waals surface area contributed by atoms with Crippen molar-refractivity contribution >= 4 is 22.8 Å². The van der Waals surface area contributed by atoms with Gasteiger partial charge in [-0.05, 0) is 35.6 Å². The van der Waals surface area contributed by atoms with Crippen LogP contribution in [0.15, 0.2) is 30.5 Å². The molecule has 2 rings (SSSR count). The Morgan fingerprint density at radius 1 is 1.32 bits per heavy atom. The molecule has 2 N–H and O–H groups in total. The number of nitrogens with zero attached hydrogens (tertiary/aromatic N) is 1. The molecule has 0 unspecified atom stereocenters. The summed E-state index contributed by atoms with van der Waals surface area (Å²) < 4.78 is 15.1. The maximum absolute atomic E-state index is 13.3. The second-order valence-corrected chi connectivity index (χ2v) is 5.59. The zero-order chi connectivity index (χ0) is 16.3. The van der Waals surface area contributed by atoms with Crippen molar-refractivity contribution in [3.05, 3.63) is 36.3 Å². The largest absolute Gasteiger partial charge is 0.480 e. The number of benzene rings is 1. The standard InChI is InChI=1S/C16H19FN2O3/c1-10(2)15(16(21)22)18-14(20)6-8-19-7-5-11-3-4-12(17)9-13(11)19/h3-5,7,9-10,15H,6,8H2,1-2H3,(H,18,20)(H,21,22)/t15-/m1/s1. The molecule has 5 nitrogen and oxygen atoms in total. The van der Waals surface area contributed by atoms with Crippen LogP contribution in [0.1, 0.15) is 20.3 Å². The Kier molecular flexibility index (Phi) is 4.80. The van der Waals surface area contributed by atoms with Crippen LogP contribution < -0.4 is 5.32 Å². The molecule has 2 aromatic rings. The lowest BCUT2D eigenvalue weighted by atomic mass is 10.0. The first-order chi connectivity index (χ1) is 10.4. The normalized spacial score (nSPS) is 12.5. The number of carboxylic acids is 1. The molecule has 0 fully saturated rings. The first-order valence-electron chi connectivity index (χ1n) is 7.15. The zero-order valence-corrected chi connectivity index (χ0v) is 12.5. The highest BCUT2D eigenvalue weighted by molar-refractivity contribution is 5.84. The SMILES string of the molecule is CC(C)[C@@H](NC(=O)CCn1ccc2ccc(F)cc21)C(=O)O. The van der Waals surface area contributed by atoms with Gasteiger partial charge in [-0.15, -0.1) is 0 Å². The first kappa shape index (κ1) is 16.0. The molecule has 0 aliphatic rings. The number of aromatic nitrogens is 1. The van der Waals surface area contributed by atoms with E-state index in [0.717, 1.165) is 5.39 Å². The van der Waals surface area contributed by atoms with Gasteiger partial charge in [-0.25, -0.2) is 9.18 Å². The van der Waals surface area contributed by atoms with E-state index in [9.17, 15) is 14.0 Å². The van der Waals surface area contributed by atoms with E-state index in [1.54, 1.807) is 30.7 Å². The smallest absolute Gasteiger partial charge is 0.326 e. The van der Waals surface area contributed by atoms with Crippen molar-refractivity contribution in [1.82, 2.24) is 9.88 Å². The van der Waals surface area contributed by atoms with Gasteiger partial charge in [-0.2, -0.15) is 0 Å². The van der Waals surface area contributed by atoms with Gasteiger partial charge in [0.15, 0.2) is 0 Å². The monoisotopic (exact) mass is 306 g/mol. The average Bonchev–Trinajstić information content (AvgIpc) is 2.84. The van der Waals surface area contributed by atoms with Gasteiger partial charge in [0.1, 0.15) is 11.9 Å². The van der Waals surface area contributed by atoms with Gasteiger partial charge in [-0.3, -0.25) is 4.79 Å². The summed E-state index contributed by atoms with van der Waals surface area (Å²) in [6, 6.07) is 5.44. The summed E-state index contributed by atoms with van der Waals surface area (Å²) in [7, 11) is 0. The van der Waals surface area contributed by atoms with E-state index in [4.69, 9.17) is 5.11 Å². The number of nitrogens with one attached hydrogen (secondary N) is 1. The Labute approximate surface area is 127 Å². The van der Waals surface area contributed by atoms with Crippen LogP contribution in [0.2, 0.25) is 0 Å². The summed E-state index contributed by atoms with van der Waals surface area (Å²) in [5.74, 6) is -1.90. The Morgan fingerprint density at radius 2 is 2.05 bits per heavy atom. The molecule has 1 amide bonds. The van der Waals surface area contributed by atoms with Gasteiger partial charge in [-0.1, -0.05) is 13.8 Å². The second kappa shape index (κ2) is 6.60. The third kappa shape index (κ3) is 3.63. The number of amides is 1. The molecule has 0 aliphatic carbocycles. The molecule has 1 atom stereocenters. The summed E-state index contributed by atoms with van der Waals surface area (Å²) in [4.78, 5) is 23.0. The number of aryl methyl sites for hydroxylation is 1. The van der Waals surface area contributed by atoms with E-state index in [2.05, 4.69) is 5.32 Å². The Bertz CT molecular complexity index is 694. The highest BCUT2D eigenvalue weighted by Crippen LogP contribution is 2.17. The third-order valence-electron chi connectivity index (χ3n) is 3.56. The fourth-order valence-electron chi connectivity index (χ4n) is 2.33. The number of carboxylic acid groups (broad SMARTS) is 1. The molecule has 6 heteroatoms. The van der Waals surface area contributed by atoms with E-state index >= 15 is 0 Å². The summed E-state index contributed by atoms with van der Waals surface area (Å²) in [5.41, 5.74) is 0.714. The van der Waals surface area contributed by atoms with Crippen molar-refractivity contribution in [3.63, 3.8) is 0 Å². The predicted octanol–water partition coefficient (Wildman–Crippen LogP) is 2.40. The van der Waals surface area contributed by atoms with Gasteiger partial charge in [0.05, 0.1) is 5.52 Å². The van der Waals surface area contributed by atoms with Crippen LogP contribution in [0, 0.1) is 11.7 Å². The fraction of sp³-hybridized carbons (Fsp3) is 0.375. The lowest BCUT2D eigenvalue weighted by Gasteiger charge is -2.18. The number of halogens is 1. The molecular weight excluding hydrogens is 287 g/mol. The van der Waals surface area contributed by atoms with Gasteiger partial charge in [0, 0.05) is 19.2 Å². The molecule has 1 aromatic heterocycles. The molecule has 1 aromatic carbocycles. The maximum atomic E-state index is 13.3. The molecule has 0 aliphatic heterocycles. The summed E-state index contributed by atoms with van der Waals surface area (Å²) in [6.07, 6.45) is 1.92. The Balaban J connectivity index is 2.01. The van der Waals surface area contributed by atoms with Crippen LogP contribution in [0.4, 0.5) is 4.39 Å². The molecule has 22 heavy (non-hydrogen) atoms. The average molecular weight is 306 g/mol. The molecule has 0 radical (unpaired) electrons. The molecule has 0 saturated heterocycles. The van der Waals surface area contributed by atoms with E-state index in [1.165, 1.54) is 12.1 Å². The van der Waals surface area contributed by atoms with Gasteiger partial charge in [0.25, 0.3) is 0 Å². The zero-order valence-electron chi connectivity index (χ0n) is 12.5. The van der Waals surface area contributed by atoms with Crippen LogP contribution in [0.5, 0.6) is 0 Å². The quantitative estimate of drug-likeness (QED) is 0.861. The minimum Gasteiger partial charge on any atom is -0.480 e. The van der Waals surface area contributed by atoms with Crippen LogP contribution in [0.3, 0.4) is 0 Å². The highest BCUT2D eigenvalue weighted by Gasteiger charge is 2.23. The minimum absolute atomic E-state index is 0.136. The van der Waals surface area contributed by atoms with Crippen LogP contribution >= 0.6 is 0 Å². The van der Waals surface area contributed by atoms with E-state index in [-0.39, 0.29) is 24.1 Å². The van der Waals surface area contributed by atoms with Crippen molar-refractivity contribution < 1.29 is 19.1 Å². The molecule has 118 valence electrons. The van der Waals surface area contributed by atoms with Crippen LogP contribution in [-0.2, 0) is 16.1 Å². The number of fused-ring (bicyclic) bond motifs is 1. The number of rotatable bonds is 6. The number of hydrogen-bond acceptors (Lipinski definition) is 2. The number of carbonyl (C=O) groups excluding carboxylic acids is 1. The molecular formula is C16H19FN2O3. The summed E-state index contributed by atoms with van der Waals surface area (Å²) >= 11 is 0.